The van der Waals surface area contributed by atoms with Crippen LogP contribution in [0.1, 0.15) is 23.7 Å². The molecule has 0 unspecified atom stereocenters. The third-order valence-corrected chi connectivity index (χ3v) is 5.36. The number of esters is 1. The van der Waals surface area contributed by atoms with Crippen LogP contribution in [0, 0.1) is 5.82 Å². The monoisotopic (exact) mass is 464 g/mol. The number of carbonyl (C=O) groups is 1. The van der Waals surface area contributed by atoms with Crippen LogP contribution in [0.5, 0.6) is 11.5 Å². The minimum Gasteiger partial charge on any atom is -0.493 e. The standard InChI is InChI=1S/C26H25FN2O5/c1-3-32-23(30)13-17-5-4-6-22(31-2)26(17)34-15-16-11-18-8-10-33-25(18)20(12-16)19-7-9-29-21(14-28)24(19)27/h4-12H,3,13-15,28H2,1-2H3. The molecule has 0 saturated heterocycles. The first-order chi connectivity index (χ1) is 16.5. The number of benzene rings is 2. The summed E-state index contributed by atoms with van der Waals surface area (Å²) in [6.45, 7) is 2.19. The molecule has 7 nitrogen and oxygen atoms in total. The largest absolute Gasteiger partial charge is 0.493 e. The molecule has 0 fully saturated rings. The number of hydrogen-bond acceptors (Lipinski definition) is 7. The van der Waals surface area contributed by atoms with Crippen molar-refractivity contribution in [1.29, 1.82) is 0 Å². The molecule has 0 aliphatic carbocycles. The van der Waals surface area contributed by atoms with Crippen LogP contribution in [0.4, 0.5) is 4.39 Å². The van der Waals surface area contributed by atoms with Crippen molar-refractivity contribution in [2.75, 3.05) is 13.7 Å². The Morgan fingerprint density at radius 3 is 2.79 bits per heavy atom. The van der Waals surface area contributed by atoms with Crippen molar-refractivity contribution in [3.05, 3.63) is 77.6 Å². The Balaban J connectivity index is 1.69. The Kier molecular flexibility index (Phi) is 7.08. The summed E-state index contributed by atoms with van der Waals surface area (Å²) in [6.07, 6.45) is 3.13. The molecular formula is C26H25FN2O5. The molecule has 0 amide bonds. The van der Waals surface area contributed by atoms with Crippen LogP contribution in [-0.4, -0.2) is 24.7 Å². The molecule has 2 aromatic carbocycles. The number of ether oxygens (including phenoxy) is 3. The molecule has 0 aliphatic heterocycles. The minimum absolute atomic E-state index is 0.0131. The Hall–Kier alpha value is -3.91. The van der Waals surface area contributed by atoms with Crippen molar-refractivity contribution in [3.8, 4) is 22.6 Å². The van der Waals surface area contributed by atoms with E-state index >= 15 is 4.39 Å². The van der Waals surface area contributed by atoms with Gasteiger partial charge in [0.15, 0.2) is 17.3 Å². The number of fused-ring (bicyclic) bond motifs is 1. The molecule has 8 heteroatoms. The average Bonchev–Trinajstić information content (AvgIpc) is 3.31. The lowest BCUT2D eigenvalue weighted by molar-refractivity contribution is -0.142. The number of pyridine rings is 1. The van der Waals surface area contributed by atoms with Crippen molar-refractivity contribution in [2.45, 2.75) is 26.5 Å². The molecule has 0 atom stereocenters. The zero-order valence-corrected chi connectivity index (χ0v) is 19.0. The van der Waals surface area contributed by atoms with E-state index in [1.54, 1.807) is 43.5 Å². The van der Waals surface area contributed by atoms with Crippen LogP contribution in [0.25, 0.3) is 22.1 Å². The van der Waals surface area contributed by atoms with E-state index in [1.165, 1.54) is 13.3 Å². The van der Waals surface area contributed by atoms with E-state index in [4.69, 9.17) is 24.4 Å². The van der Waals surface area contributed by atoms with E-state index < -0.39 is 5.82 Å². The van der Waals surface area contributed by atoms with Gasteiger partial charge in [-0.2, -0.15) is 0 Å². The smallest absolute Gasteiger partial charge is 0.310 e. The van der Waals surface area contributed by atoms with Crippen LogP contribution in [0.15, 0.2) is 59.3 Å². The van der Waals surface area contributed by atoms with Gasteiger partial charge in [-0.25, -0.2) is 4.39 Å². The lowest BCUT2D eigenvalue weighted by Crippen LogP contribution is -2.09. The van der Waals surface area contributed by atoms with Gasteiger partial charge in [0, 0.05) is 34.8 Å². The van der Waals surface area contributed by atoms with E-state index in [0.29, 0.717) is 40.4 Å². The third kappa shape index (κ3) is 4.72. The molecular weight excluding hydrogens is 439 g/mol. The number of para-hydroxylation sites is 1. The van der Waals surface area contributed by atoms with Crippen molar-refractivity contribution in [2.24, 2.45) is 5.73 Å². The lowest BCUT2D eigenvalue weighted by Gasteiger charge is -2.16. The molecule has 2 N–H and O–H groups in total. The SMILES string of the molecule is CCOC(=O)Cc1cccc(OC)c1OCc1cc(-c2ccnc(CN)c2F)c2occc2c1. The number of nitrogens with two attached hydrogens (primary N) is 1. The molecule has 0 radical (unpaired) electrons. The normalized spacial score (nSPS) is 10.9. The molecule has 4 rings (SSSR count). The fourth-order valence-corrected chi connectivity index (χ4v) is 3.81. The maximum atomic E-state index is 15.0. The van der Waals surface area contributed by atoms with E-state index in [2.05, 4.69) is 4.98 Å². The number of furan rings is 1. The molecule has 0 aliphatic rings. The maximum absolute atomic E-state index is 15.0. The first-order valence-electron chi connectivity index (χ1n) is 10.8. The maximum Gasteiger partial charge on any atom is 0.310 e. The van der Waals surface area contributed by atoms with E-state index in [0.717, 1.165) is 10.9 Å². The number of hydrogen-bond donors (Lipinski definition) is 1. The highest BCUT2D eigenvalue weighted by atomic mass is 19.1. The molecule has 0 saturated carbocycles. The van der Waals surface area contributed by atoms with Crippen LogP contribution in [0.3, 0.4) is 0 Å². The Labute approximate surface area is 196 Å². The molecule has 0 bridgehead atoms. The second-order valence-corrected chi connectivity index (χ2v) is 7.52. The highest BCUT2D eigenvalue weighted by Crippen LogP contribution is 2.35. The number of aromatic nitrogens is 1. The first kappa shape index (κ1) is 23.3. The van der Waals surface area contributed by atoms with Crippen molar-refractivity contribution in [3.63, 3.8) is 0 Å². The van der Waals surface area contributed by atoms with Gasteiger partial charge in [-0.05, 0) is 42.8 Å². The van der Waals surface area contributed by atoms with Crippen LogP contribution < -0.4 is 15.2 Å². The summed E-state index contributed by atoms with van der Waals surface area (Å²) in [5.74, 6) is 0.111. The summed E-state index contributed by atoms with van der Waals surface area (Å²) >= 11 is 0. The Morgan fingerprint density at radius 1 is 1.18 bits per heavy atom. The fraction of sp³-hybridized carbons (Fsp3) is 0.231. The zero-order valence-electron chi connectivity index (χ0n) is 19.0. The van der Waals surface area contributed by atoms with E-state index in [9.17, 15) is 4.79 Å². The molecule has 34 heavy (non-hydrogen) atoms. The van der Waals surface area contributed by atoms with Crippen molar-refractivity contribution in [1.82, 2.24) is 4.98 Å². The number of halogens is 1. The van der Waals surface area contributed by atoms with Gasteiger partial charge in [-0.1, -0.05) is 12.1 Å². The summed E-state index contributed by atoms with van der Waals surface area (Å²) in [5, 5.41) is 0.799. The van der Waals surface area contributed by atoms with Gasteiger partial charge < -0.3 is 24.4 Å². The van der Waals surface area contributed by atoms with Gasteiger partial charge in [0.2, 0.25) is 0 Å². The highest BCUT2D eigenvalue weighted by molar-refractivity contribution is 5.93. The summed E-state index contributed by atoms with van der Waals surface area (Å²) in [5.41, 5.74) is 8.71. The predicted octanol–water partition coefficient (Wildman–Crippen LogP) is 4.79. The summed E-state index contributed by atoms with van der Waals surface area (Å²) < 4.78 is 37.3. The van der Waals surface area contributed by atoms with Crippen LogP contribution in [-0.2, 0) is 29.1 Å². The number of carbonyl (C=O) groups excluding carboxylic acids is 1. The molecule has 2 heterocycles. The minimum atomic E-state index is -0.484. The number of methoxy groups -OCH3 is 1. The average molecular weight is 464 g/mol. The van der Waals surface area contributed by atoms with Gasteiger partial charge in [-0.3, -0.25) is 9.78 Å². The molecule has 4 aromatic rings. The van der Waals surface area contributed by atoms with E-state index in [1.807, 2.05) is 12.1 Å². The first-order valence-corrected chi connectivity index (χ1v) is 10.8. The van der Waals surface area contributed by atoms with Crippen molar-refractivity contribution < 1.29 is 27.8 Å². The highest BCUT2D eigenvalue weighted by Gasteiger charge is 2.18. The second-order valence-electron chi connectivity index (χ2n) is 7.52. The Morgan fingerprint density at radius 2 is 2.03 bits per heavy atom. The van der Waals surface area contributed by atoms with Gasteiger partial charge in [0.05, 0.1) is 32.1 Å². The van der Waals surface area contributed by atoms with Gasteiger partial charge in [-0.15, -0.1) is 0 Å². The van der Waals surface area contributed by atoms with Crippen molar-refractivity contribution >= 4 is 16.9 Å². The fourth-order valence-electron chi connectivity index (χ4n) is 3.81. The molecule has 0 spiro atoms. The number of rotatable bonds is 9. The van der Waals surface area contributed by atoms with Gasteiger partial charge >= 0.3 is 5.97 Å². The van der Waals surface area contributed by atoms with Gasteiger partial charge in [0.1, 0.15) is 12.2 Å². The predicted molar refractivity (Wildman–Crippen MR) is 125 cm³/mol. The summed E-state index contributed by atoms with van der Waals surface area (Å²) in [6, 6.07) is 12.5. The van der Waals surface area contributed by atoms with Gasteiger partial charge in [0.25, 0.3) is 0 Å². The topological polar surface area (TPSA) is 96.8 Å². The molecule has 2 aromatic heterocycles. The van der Waals surface area contributed by atoms with E-state index in [-0.39, 0.29) is 31.2 Å². The summed E-state index contributed by atoms with van der Waals surface area (Å²) in [7, 11) is 1.53. The molecule has 176 valence electrons. The Bertz CT molecular complexity index is 1320. The quantitative estimate of drug-likeness (QED) is 0.356. The number of nitrogens with zero attached hydrogens (tertiary/aromatic N) is 1. The zero-order chi connectivity index (χ0) is 24.1. The summed E-state index contributed by atoms with van der Waals surface area (Å²) in [4.78, 5) is 16.1. The lowest BCUT2D eigenvalue weighted by atomic mass is 10.00. The van der Waals surface area contributed by atoms with Crippen LogP contribution in [0.2, 0.25) is 0 Å². The third-order valence-electron chi connectivity index (χ3n) is 5.36. The van der Waals surface area contributed by atoms with Crippen LogP contribution >= 0.6 is 0 Å². The second kappa shape index (κ2) is 10.4.